The van der Waals surface area contributed by atoms with Crippen molar-refractivity contribution < 1.29 is 58.7 Å². The molecule has 15 atom stereocenters. The van der Waals surface area contributed by atoms with Crippen LogP contribution in [-0.4, -0.2) is 122 Å². The maximum atomic E-state index is 14.5. The minimum absolute atomic E-state index is 0.00834. The summed E-state index contributed by atoms with van der Waals surface area (Å²) in [5.74, 6) is -5.31. The third-order valence-corrected chi connectivity index (χ3v) is 16.2. The number of fused-ring (bicyclic) bond motifs is 2. The molecule has 4 aliphatic rings. The van der Waals surface area contributed by atoms with Crippen molar-refractivity contribution in [2.75, 3.05) is 6.54 Å². The highest BCUT2D eigenvalue weighted by atomic mass is 16.5. The number of phenols is 1. The molecule has 426 valence electrons. The molecule has 0 radical (unpaired) electrons. The van der Waals surface area contributed by atoms with Crippen molar-refractivity contribution in [1.29, 1.82) is 0 Å². The minimum atomic E-state index is -1.43. The lowest BCUT2D eigenvalue weighted by Crippen LogP contribution is -2.64. The monoisotopic (exact) mass is 1070 g/mol. The molecule has 0 aliphatic carbocycles. The van der Waals surface area contributed by atoms with Gasteiger partial charge in [-0.15, -0.1) is 0 Å². The van der Waals surface area contributed by atoms with E-state index in [2.05, 4.69) is 41.3 Å². The number of hydrogen-bond acceptors (Lipinski definition) is 13. The second-order valence-corrected chi connectivity index (χ2v) is 22.7. The third-order valence-electron chi connectivity index (χ3n) is 16.2. The Morgan fingerprint density at radius 3 is 2.43 bits per heavy atom. The first-order valence-corrected chi connectivity index (χ1v) is 28.0. The van der Waals surface area contributed by atoms with Crippen LogP contribution in [0.2, 0.25) is 0 Å². The van der Waals surface area contributed by atoms with Crippen LogP contribution in [-0.2, 0) is 44.7 Å². The van der Waals surface area contributed by atoms with Crippen molar-refractivity contribution in [3.63, 3.8) is 0 Å². The Balaban J connectivity index is 1.35. The number of benzene rings is 1. The highest BCUT2D eigenvalue weighted by Crippen LogP contribution is 2.43. The van der Waals surface area contributed by atoms with Crippen molar-refractivity contribution in [2.24, 2.45) is 41.4 Å². The Bertz CT molecular complexity index is 2360. The number of cyclic esters (lactones) is 1. The fourth-order valence-corrected chi connectivity index (χ4v) is 10.9. The number of hydrogen-bond donors (Lipinski definition) is 8. The molecule has 0 saturated carbocycles. The first-order chi connectivity index (χ1) is 36.5. The molecule has 17 nitrogen and oxygen atoms in total. The second kappa shape index (κ2) is 29.0. The Labute approximate surface area is 456 Å². The van der Waals surface area contributed by atoms with Gasteiger partial charge in [0.2, 0.25) is 17.7 Å². The van der Waals surface area contributed by atoms with Gasteiger partial charge in [-0.05, 0) is 106 Å². The van der Waals surface area contributed by atoms with Gasteiger partial charge >= 0.3 is 5.97 Å². The number of rotatable bonds is 15. The van der Waals surface area contributed by atoms with Gasteiger partial charge in [0.05, 0.1) is 30.3 Å². The van der Waals surface area contributed by atoms with E-state index in [0.29, 0.717) is 37.7 Å². The molecule has 4 amide bonds. The van der Waals surface area contributed by atoms with E-state index < -0.39 is 89.7 Å². The maximum absolute atomic E-state index is 14.5. The topological polar surface area (TPSA) is 253 Å². The van der Waals surface area contributed by atoms with E-state index in [4.69, 9.17) is 9.47 Å². The highest BCUT2D eigenvalue weighted by molar-refractivity contribution is 5.93. The van der Waals surface area contributed by atoms with E-state index in [1.165, 1.54) is 30.1 Å². The predicted octanol–water partition coefficient (Wildman–Crippen LogP) is 6.36. The predicted molar refractivity (Wildman–Crippen MR) is 294 cm³/mol. The largest absolute Gasteiger partial charge is 0.508 e. The van der Waals surface area contributed by atoms with Crippen molar-refractivity contribution >= 4 is 35.4 Å². The molecule has 4 heterocycles. The Hall–Kier alpha value is -5.46. The second-order valence-electron chi connectivity index (χ2n) is 22.7. The smallest absolute Gasteiger partial charge is 0.325 e. The number of Topliss-reactive ketones (excluding diaryl/α,β-unsaturated/α-hetero) is 1. The molecular weight excluding hydrogens is 983 g/mol. The SMILES string of the molecule is CCC1CC(C)C2(NC1=O)OC(CC(O)C(C)CCC=CC=C(C)C1CC=CC=CC(O)C(C)C(O)C(CCC(C)=O)C(=O)NC(C(C)C)C(=O)NC(Cc3cccc(O)c3)C(=O)N3CCCC(N3)C(=O)O1)C(C)C=C2C. The molecule has 1 spiro atoms. The van der Waals surface area contributed by atoms with Crippen LogP contribution in [0.15, 0.2) is 84.0 Å². The summed E-state index contributed by atoms with van der Waals surface area (Å²) < 4.78 is 13.0. The lowest BCUT2D eigenvalue weighted by Gasteiger charge is -2.51. The molecule has 15 unspecified atom stereocenters. The van der Waals surface area contributed by atoms with Gasteiger partial charge in [0.25, 0.3) is 5.91 Å². The van der Waals surface area contributed by atoms with Crippen LogP contribution in [0.1, 0.15) is 139 Å². The molecule has 8 N–H and O–H groups in total. The summed E-state index contributed by atoms with van der Waals surface area (Å²) in [7, 11) is 0. The Morgan fingerprint density at radius 2 is 1.74 bits per heavy atom. The number of piperidine rings is 1. The van der Waals surface area contributed by atoms with Gasteiger partial charge in [-0.1, -0.05) is 109 Å². The summed E-state index contributed by atoms with van der Waals surface area (Å²) >= 11 is 0. The summed E-state index contributed by atoms with van der Waals surface area (Å²) in [5.41, 5.74) is 4.44. The number of carbonyl (C=O) groups is 6. The first kappa shape index (κ1) is 62.4. The number of aliphatic hydroxyl groups excluding tert-OH is 3. The molecule has 1 aromatic rings. The molecule has 77 heavy (non-hydrogen) atoms. The normalized spacial score (nSPS) is 32.4. The first-order valence-electron chi connectivity index (χ1n) is 28.0. The molecule has 17 heteroatoms. The summed E-state index contributed by atoms with van der Waals surface area (Å²) in [5, 5.41) is 54.7. The minimum Gasteiger partial charge on any atom is -0.508 e. The number of allylic oxidation sites excluding steroid dienone is 5. The molecule has 0 aromatic heterocycles. The Kier molecular flexibility index (Phi) is 23.5. The molecule has 2 bridgehead atoms. The molecule has 5 rings (SSSR count). The van der Waals surface area contributed by atoms with E-state index in [1.807, 2.05) is 45.9 Å². The highest BCUT2D eigenvalue weighted by Gasteiger charge is 2.51. The number of esters is 1. The lowest BCUT2D eigenvalue weighted by molar-refractivity contribution is -0.179. The number of hydrazine groups is 1. The molecule has 4 aliphatic heterocycles. The zero-order valence-electron chi connectivity index (χ0n) is 47.1. The zero-order valence-corrected chi connectivity index (χ0v) is 47.1. The number of ketones is 1. The van der Waals surface area contributed by atoms with Gasteiger partial charge in [-0.2, -0.15) is 0 Å². The molecular formula is C60H89N5O12. The average molecular weight is 1070 g/mol. The third kappa shape index (κ3) is 17.0. The zero-order chi connectivity index (χ0) is 56.7. The number of aromatic hydroxyl groups is 1. The number of carbonyl (C=O) groups excluding carboxylic acids is 6. The van der Waals surface area contributed by atoms with Crippen molar-refractivity contribution in [1.82, 2.24) is 26.4 Å². The standard InChI is InChI=1S/C60H89N5O12/c1-11-44-31-40(8)60(63-55(44)71)39(7)30-38(6)52(77-60)34-50(69)36(4)20-14-12-15-21-37(5)51-26-17-13-16-25-49(68)42(10)54(70)46(28-27-41(9)66)56(72)62-53(35(2)3)57(73)61-48(33-43-22-18-23-45(67)32-43)58(74)65-29-19-24-47(64-65)59(75)76-51/h12-13,15-18,21-23,25,30,32,35-36,38,40,42,44,46-54,64,67-70H,11,14,19-20,24,26-29,31,33-34H2,1-10H3,(H,61,73)(H,62,72)(H,63,71). The molecule has 2 saturated heterocycles. The summed E-state index contributed by atoms with van der Waals surface area (Å²) in [6.07, 6.45) is 14.4. The van der Waals surface area contributed by atoms with Crippen LogP contribution in [0, 0.1) is 41.4 Å². The van der Waals surface area contributed by atoms with E-state index in [1.54, 1.807) is 51.1 Å². The fourth-order valence-electron chi connectivity index (χ4n) is 10.9. The van der Waals surface area contributed by atoms with Crippen LogP contribution >= 0.6 is 0 Å². The van der Waals surface area contributed by atoms with E-state index >= 15 is 0 Å². The van der Waals surface area contributed by atoms with E-state index in [0.717, 1.165) is 24.0 Å². The van der Waals surface area contributed by atoms with E-state index in [9.17, 15) is 49.2 Å². The number of aliphatic hydroxyl groups is 3. The van der Waals surface area contributed by atoms with Crippen LogP contribution in [0.5, 0.6) is 5.75 Å². The number of amides is 4. The maximum Gasteiger partial charge on any atom is 0.325 e. The van der Waals surface area contributed by atoms with Crippen LogP contribution in [0.3, 0.4) is 0 Å². The fraction of sp³-hybridized carbons (Fsp3) is 0.633. The molecule has 2 fully saturated rings. The van der Waals surface area contributed by atoms with Crippen LogP contribution in [0.4, 0.5) is 0 Å². The number of nitrogens with one attached hydrogen (secondary N) is 4. The quantitative estimate of drug-likeness (QED) is 0.0542. The van der Waals surface area contributed by atoms with E-state index in [-0.39, 0.29) is 79.4 Å². The summed E-state index contributed by atoms with van der Waals surface area (Å²) in [4.78, 5) is 82.1. The van der Waals surface area contributed by atoms with Gasteiger partial charge in [0, 0.05) is 55.9 Å². The van der Waals surface area contributed by atoms with Gasteiger partial charge in [0.15, 0.2) is 5.72 Å². The molecule has 1 aromatic carbocycles. The van der Waals surface area contributed by atoms with Gasteiger partial charge < -0.3 is 50.6 Å². The number of phenolic OH excluding ortho intramolecular Hbond substituents is 1. The lowest BCUT2D eigenvalue weighted by atomic mass is 9.75. The summed E-state index contributed by atoms with van der Waals surface area (Å²) in [6.45, 7) is 18.7. The van der Waals surface area contributed by atoms with Gasteiger partial charge in [-0.25, -0.2) is 5.43 Å². The van der Waals surface area contributed by atoms with Gasteiger partial charge in [-0.3, -0.25) is 29.0 Å². The van der Waals surface area contributed by atoms with Crippen molar-refractivity contribution in [2.45, 2.75) is 194 Å². The van der Waals surface area contributed by atoms with Crippen LogP contribution < -0.4 is 21.4 Å². The average Bonchev–Trinajstić information content (AvgIpc) is 3.38. The van der Waals surface area contributed by atoms with Crippen molar-refractivity contribution in [3.8, 4) is 5.75 Å². The van der Waals surface area contributed by atoms with Gasteiger partial charge in [0.1, 0.15) is 35.8 Å². The van der Waals surface area contributed by atoms with Crippen LogP contribution in [0.25, 0.3) is 0 Å². The van der Waals surface area contributed by atoms with Crippen molar-refractivity contribution in [3.05, 3.63) is 89.6 Å². The summed E-state index contributed by atoms with van der Waals surface area (Å²) in [6, 6.07) is 2.95. The Morgan fingerprint density at radius 1 is 1.00 bits per heavy atom. The number of ether oxygens (including phenoxy) is 2. The number of nitrogens with zero attached hydrogens (tertiary/aromatic N) is 1.